The van der Waals surface area contributed by atoms with Crippen molar-refractivity contribution in [1.29, 1.82) is 0 Å². The molecule has 0 atom stereocenters. The fourth-order valence-corrected chi connectivity index (χ4v) is 2.07. The Morgan fingerprint density at radius 2 is 2.08 bits per heavy atom. The smallest absolute Gasteiger partial charge is 0.417 e. The number of hydrogen-bond acceptors (Lipinski definition) is 2. The molecule has 1 aliphatic heterocycles. The monoisotopic (exact) mass is 206 g/mol. The molecule has 0 saturated carbocycles. The van der Waals surface area contributed by atoms with Crippen molar-refractivity contribution in [2.45, 2.75) is 11.1 Å². The Bertz CT molecular complexity index is 335. The second-order valence-electron chi connectivity index (χ2n) is 2.54. The molecule has 5 heteroatoms. The highest BCUT2D eigenvalue weighted by atomic mass is 32.2. The number of halogens is 3. The summed E-state index contributed by atoms with van der Waals surface area (Å²) in [6.07, 6.45) is -4.29. The summed E-state index contributed by atoms with van der Waals surface area (Å²) in [4.78, 5) is 0.204. The van der Waals surface area contributed by atoms with E-state index < -0.39 is 11.7 Å². The average molecular weight is 206 g/mol. The molecule has 1 nitrogen and oxygen atoms in total. The van der Waals surface area contributed by atoms with Crippen LogP contribution in [0.15, 0.2) is 23.1 Å². The molecular weight excluding hydrogens is 201 g/mol. The van der Waals surface area contributed by atoms with Gasteiger partial charge in [-0.3, -0.25) is 0 Å². The molecule has 0 aromatic heterocycles. The SMILES string of the molecule is FC(F)(F)c1cccc2c1SCO2. The summed E-state index contributed by atoms with van der Waals surface area (Å²) < 4.78 is 42.1. The Morgan fingerprint density at radius 1 is 1.31 bits per heavy atom. The van der Waals surface area contributed by atoms with Crippen LogP contribution >= 0.6 is 11.8 Å². The largest absolute Gasteiger partial charge is 0.481 e. The van der Waals surface area contributed by atoms with Crippen LogP contribution in [-0.4, -0.2) is 5.94 Å². The first kappa shape index (κ1) is 8.74. The standard InChI is InChI=1S/C8H5F3OS/c9-8(10,11)5-2-1-3-6-7(5)13-4-12-6/h1-3H,4H2. The number of alkyl halides is 3. The molecule has 13 heavy (non-hydrogen) atoms. The normalized spacial score (nSPS) is 15.3. The second kappa shape index (κ2) is 2.83. The Balaban J connectivity index is 2.54. The third kappa shape index (κ3) is 1.48. The van der Waals surface area contributed by atoms with Crippen molar-refractivity contribution in [3.63, 3.8) is 0 Å². The Morgan fingerprint density at radius 3 is 2.77 bits per heavy atom. The van der Waals surface area contributed by atoms with Gasteiger partial charge in [-0.25, -0.2) is 0 Å². The lowest BCUT2D eigenvalue weighted by Gasteiger charge is -2.09. The average Bonchev–Trinajstić information content (AvgIpc) is 2.48. The van der Waals surface area contributed by atoms with Gasteiger partial charge in [0.1, 0.15) is 11.7 Å². The van der Waals surface area contributed by atoms with E-state index in [0.29, 0.717) is 5.75 Å². The summed E-state index contributed by atoms with van der Waals surface area (Å²) in [6.45, 7) is 0. The molecule has 0 amide bonds. The minimum Gasteiger partial charge on any atom is -0.481 e. The van der Waals surface area contributed by atoms with Crippen molar-refractivity contribution < 1.29 is 17.9 Å². The predicted molar refractivity (Wildman–Crippen MR) is 42.8 cm³/mol. The lowest BCUT2D eigenvalue weighted by atomic mass is 10.2. The predicted octanol–water partition coefficient (Wildman–Crippen LogP) is 3.15. The Kier molecular flexibility index (Phi) is 1.91. The lowest BCUT2D eigenvalue weighted by Crippen LogP contribution is -2.05. The van der Waals surface area contributed by atoms with Gasteiger partial charge >= 0.3 is 6.18 Å². The molecule has 2 rings (SSSR count). The molecule has 1 aliphatic rings. The summed E-state index contributed by atoms with van der Waals surface area (Å²) in [5.41, 5.74) is -0.604. The van der Waals surface area contributed by atoms with Crippen molar-refractivity contribution in [2.75, 3.05) is 5.94 Å². The van der Waals surface area contributed by atoms with Crippen LogP contribution in [0.5, 0.6) is 5.75 Å². The van der Waals surface area contributed by atoms with Gasteiger partial charge in [0.15, 0.2) is 0 Å². The van der Waals surface area contributed by atoms with Crippen LogP contribution in [0.3, 0.4) is 0 Å². The van der Waals surface area contributed by atoms with Crippen LogP contribution in [0.25, 0.3) is 0 Å². The number of ether oxygens (including phenoxy) is 1. The molecule has 1 aromatic rings. The van der Waals surface area contributed by atoms with E-state index in [4.69, 9.17) is 4.74 Å². The summed E-state index contributed by atoms with van der Waals surface area (Å²) in [5, 5.41) is 0. The van der Waals surface area contributed by atoms with E-state index in [1.807, 2.05) is 0 Å². The van der Waals surface area contributed by atoms with Gasteiger partial charge in [-0.2, -0.15) is 13.2 Å². The zero-order chi connectivity index (χ0) is 9.47. The van der Waals surface area contributed by atoms with Crippen molar-refractivity contribution in [2.24, 2.45) is 0 Å². The fourth-order valence-electron chi connectivity index (χ4n) is 1.15. The zero-order valence-corrected chi connectivity index (χ0v) is 7.21. The maximum Gasteiger partial charge on any atom is 0.417 e. The number of hydrogen-bond donors (Lipinski definition) is 0. The van der Waals surface area contributed by atoms with Crippen LogP contribution in [-0.2, 0) is 6.18 Å². The molecule has 0 saturated heterocycles. The molecule has 0 N–H and O–H groups in total. The highest BCUT2D eigenvalue weighted by molar-refractivity contribution is 7.99. The number of benzene rings is 1. The maximum absolute atomic E-state index is 12.4. The second-order valence-corrected chi connectivity index (χ2v) is 3.47. The van der Waals surface area contributed by atoms with Crippen LogP contribution in [0, 0.1) is 0 Å². The third-order valence-corrected chi connectivity index (χ3v) is 2.65. The molecule has 0 fully saturated rings. The highest BCUT2D eigenvalue weighted by Gasteiger charge is 2.36. The van der Waals surface area contributed by atoms with E-state index in [9.17, 15) is 13.2 Å². The van der Waals surface area contributed by atoms with Crippen molar-refractivity contribution in [3.8, 4) is 5.75 Å². The minimum absolute atomic E-state index is 0.204. The molecule has 0 spiro atoms. The number of fused-ring (bicyclic) bond motifs is 1. The first-order valence-corrected chi connectivity index (χ1v) is 4.53. The molecular formula is C8H5F3OS. The molecule has 70 valence electrons. The van der Waals surface area contributed by atoms with Crippen molar-refractivity contribution in [3.05, 3.63) is 23.8 Å². The zero-order valence-electron chi connectivity index (χ0n) is 6.39. The van der Waals surface area contributed by atoms with E-state index >= 15 is 0 Å². The fraction of sp³-hybridized carbons (Fsp3) is 0.250. The van der Waals surface area contributed by atoms with E-state index in [2.05, 4.69) is 0 Å². The minimum atomic E-state index is -4.29. The van der Waals surface area contributed by atoms with Gasteiger partial charge in [0, 0.05) is 0 Å². The van der Waals surface area contributed by atoms with Crippen molar-refractivity contribution >= 4 is 11.8 Å². The van der Waals surface area contributed by atoms with Gasteiger partial charge < -0.3 is 4.74 Å². The summed E-state index contributed by atoms with van der Waals surface area (Å²) in [7, 11) is 0. The van der Waals surface area contributed by atoms with Gasteiger partial charge in [-0.1, -0.05) is 17.8 Å². The van der Waals surface area contributed by atoms with Gasteiger partial charge in [-0.05, 0) is 12.1 Å². The van der Waals surface area contributed by atoms with Crippen LogP contribution < -0.4 is 4.74 Å². The van der Waals surface area contributed by atoms with E-state index in [1.165, 1.54) is 6.07 Å². The first-order chi connectivity index (χ1) is 6.09. The van der Waals surface area contributed by atoms with Crippen LogP contribution in [0.2, 0.25) is 0 Å². The quantitative estimate of drug-likeness (QED) is 0.644. The summed E-state index contributed by atoms with van der Waals surface area (Å²) in [6, 6.07) is 3.97. The summed E-state index contributed by atoms with van der Waals surface area (Å²) >= 11 is 1.08. The molecule has 1 heterocycles. The number of rotatable bonds is 0. The van der Waals surface area contributed by atoms with Gasteiger partial charge in [0.2, 0.25) is 0 Å². The first-order valence-electron chi connectivity index (χ1n) is 3.55. The molecule has 0 bridgehead atoms. The highest BCUT2D eigenvalue weighted by Crippen LogP contribution is 2.44. The van der Waals surface area contributed by atoms with Crippen molar-refractivity contribution in [1.82, 2.24) is 0 Å². The van der Waals surface area contributed by atoms with Crippen LogP contribution in [0.4, 0.5) is 13.2 Å². The molecule has 0 unspecified atom stereocenters. The topological polar surface area (TPSA) is 9.23 Å². The van der Waals surface area contributed by atoms with Gasteiger partial charge in [-0.15, -0.1) is 0 Å². The third-order valence-electron chi connectivity index (χ3n) is 1.70. The summed E-state index contributed by atoms with van der Waals surface area (Å²) in [5.74, 6) is 0.599. The van der Waals surface area contributed by atoms with E-state index in [0.717, 1.165) is 17.8 Å². The Labute approximate surface area is 76.9 Å². The molecule has 0 aliphatic carbocycles. The molecule has 1 aromatic carbocycles. The van der Waals surface area contributed by atoms with E-state index in [1.54, 1.807) is 6.07 Å². The van der Waals surface area contributed by atoms with Gasteiger partial charge in [0.25, 0.3) is 0 Å². The van der Waals surface area contributed by atoms with E-state index in [-0.39, 0.29) is 10.8 Å². The lowest BCUT2D eigenvalue weighted by molar-refractivity contribution is -0.139. The Hall–Kier alpha value is -0.840. The molecule has 0 radical (unpaired) electrons. The number of thioether (sulfide) groups is 1. The van der Waals surface area contributed by atoms with Crippen LogP contribution in [0.1, 0.15) is 5.56 Å². The maximum atomic E-state index is 12.4. The van der Waals surface area contributed by atoms with Gasteiger partial charge in [0.05, 0.1) is 10.5 Å².